The summed E-state index contributed by atoms with van der Waals surface area (Å²) < 4.78 is 5.55. The molecular weight excluding hydrogens is 228 g/mol. The standard InChI is InChI=1S/C14H28N2O2/c1-4-18-14(2,3)10-16-13(17)9-11-5-7-12(15)8-6-11/h11-12H,4-10,15H2,1-3H3,(H,16,17). The SMILES string of the molecule is CCOC(C)(C)CNC(=O)CC1CCC(N)CC1. The second kappa shape index (κ2) is 7.10. The average molecular weight is 256 g/mol. The molecule has 1 fully saturated rings. The van der Waals surface area contributed by atoms with Crippen molar-refractivity contribution in [2.45, 2.75) is 64.5 Å². The maximum atomic E-state index is 11.8. The van der Waals surface area contributed by atoms with Crippen LogP contribution in [-0.2, 0) is 9.53 Å². The van der Waals surface area contributed by atoms with Crippen LogP contribution >= 0.6 is 0 Å². The molecule has 0 bridgehead atoms. The van der Waals surface area contributed by atoms with Gasteiger partial charge in [0.1, 0.15) is 0 Å². The number of carbonyl (C=O) groups excluding carboxylic acids is 1. The van der Waals surface area contributed by atoms with Gasteiger partial charge in [-0.15, -0.1) is 0 Å². The molecule has 0 spiro atoms. The molecule has 1 aliphatic rings. The van der Waals surface area contributed by atoms with Crippen molar-refractivity contribution in [2.75, 3.05) is 13.2 Å². The van der Waals surface area contributed by atoms with Crippen LogP contribution in [0.3, 0.4) is 0 Å². The van der Waals surface area contributed by atoms with E-state index in [0.29, 0.717) is 31.5 Å². The van der Waals surface area contributed by atoms with E-state index in [0.717, 1.165) is 25.7 Å². The highest BCUT2D eigenvalue weighted by atomic mass is 16.5. The Balaban J connectivity index is 2.21. The van der Waals surface area contributed by atoms with E-state index in [1.165, 1.54) is 0 Å². The summed E-state index contributed by atoms with van der Waals surface area (Å²) in [5.41, 5.74) is 5.58. The van der Waals surface area contributed by atoms with Crippen LogP contribution in [0.2, 0.25) is 0 Å². The summed E-state index contributed by atoms with van der Waals surface area (Å²) in [6, 6.07) is 0.348. The van der Waals surface area contributed by atoms with Crippen molar-refractivity contribution in [2.24, 2.45) is 11.7 Å². The van der Waals surface area contributed by atoms with Gasteiger partial charge in [0.05, 0.1) is 5.60 Å². The van der Waals surface area contributed by atoms with Gasteiger partial charge < -0.3 is 15.8 Å². The van der Waals surface area contributed by atoms with Gasteiger partial charge in [-0.1, -0.05) is 0 Å². The predicted octanol–water partition coefficient (Wildman–Crippen LogP) is 1.83. The first kappa shape index (κ1) is 15.4. The number of amides is 1. The summed E-state index contributed by atoms with van der Waals surface area (Å²) in [5.74, 6) is 0.656. The minimum absolute atomic E-state index is 0.142. The maximum Gasteiger partial charge on any atom is 0.220 e. The summed E-state index contributed by atoms with van der Waals surface area (Å²) in [6.07, 6.45) is 4.92. The number of carbonyl (C=O) groups is 1. The van der Waals surface area contributed by atoms with Crippen molar-refractivity contribution < 1.29 is 9.53 Å². The van der Waals surface area contributed by atoms with E-state index in [2.05, 4.69) is 5.32 Å². The smallest absolute Gasteiger partial charge is 0.220 e. The molecule has 1 aliphatic carbocycles. The average Bonchev–Trinajstić information content (AvgIpc) is 2.30. The van der Waals surface area contributed by atoms with Crippen LogP contribution in [0.1, 0.15) is 52.9 Å². The van der Waals surface area contributed by atoms with Gasteiger partial charge in [0, 0.05) is 25.6 Å². The van der Waals surface area contributed by atoms with Crippen LogP contribution in [0.4, 0.5) is 0 Å². The lowest BCUT2D eigenvalue weighted by Gasteiger charge is -2.27. The Labute approximate surface area is 111 Å². The third-order valence-corrected chi connectivity index (χ3v) is 3.61. The Kier molecular flexibility index (Phi) is 6.09. The van der Waals surface area contributed by atoms with Crippen molar-refractivity contribution in [3.63, 3.8) is 0 Å². The highest BCUT2D eigenvalue weighted by Crippen LogP contribution is 2.25. The minimum atomic E-state index is -0.278. The summed E-state index contributed by atoms with van der Waals surface area (Å²) in [4.78, 5) is 11.8. The van der Waals surface area contributed by atoms with Crippen molar-refractivity contribution in [3.8, 4) is 0 Å². The topological polar surface area (TPSA) is 64.3 Å². The maximum absolute atomic E-state index is 11.8. The van der Waals surface area contributed by atoms with E-state index in [1.54, 1.807) is 0 Å². The zero-order valence-corrected chi connectivity index (χ0v) is 12.0. The Morgan fingerprint density at radius 2 is 1.94 bits per heavy atom. The lowest BCUT2D eigenvalue weighted by Crippen LogP contribution is -2.41. The van der Waals surface area contributed by atoms with Gasteiger partial charge in [-0.05, 0) is 52.4 Å². The zero-order chi connectivity index (χ0) is 13.6. The van der Waals surface area contributed by atoms with Crippen LogP contribution in [0.5, 0.6) is 0 Å². The molecule has 1 saturated carbocycles. The number of hydrogen-bond donors (Lipinski definition) is 2. The number of nitrogens with two attached hydrogens (primary N) is 1. The third kappa shape index (κ3) is 5.83. The first-order valence-corrected chi connectivity index (χ1v) is 7.09. The predicted molar refractivity (Wildman–Crippen MR) is 73.3 cm³/mol. The van der Waals surface area contributed by atoms with E-state index in [-0.39, 0.29) is 11.5 Å². The van der Waals surface area contributed by atoms with E-state index >= 15 is 0 Å². The van der Waals surface area contributed by atoms with Gasteiger partial charge in [-0.3, -0.25) is 4.79 Å². The number of hydrogen-bond acceptors (Lipinski definition) is 3. The van der Waals surface area contributed by atoms with Gasteiger partial charge in [0.2, 0.25) is 5.91 Å². The van der Waals surface area contributed by atoms with Crippen LogP contribution in [-0.4, -0.2) is 30.7 Å². The first-order chi connectivity index (χ1) is 8.43. The van der Waals surface area contributed by atoms with Gasteiger partial charge in [-0.25, -0.2) is 0 Å². The largest absolute Gasteiger partial charge is 0.374 e. The Hall–Kier alpha value is -0.610. The normalized spacial score (nSPS) is 24.9. The molecule has 18 heavy (non-hydrogen) atoms. The highest BCUT2D eigenvalue weighted by molar-refractivity contribution is 5.76. The van der Waals surface area contributed by atoms with Crippen LogP contribution in [0.15, 0.2) is 0 Å². The molecule has 4 nitrogen and oxygen atoms in total. The molecule has 1 rings (SSSR count). The molecule has 1 amide bonds. The van der Waals surface area contributed by atoms with Crippen LogP contribution in [0, 0.1) is 5.92 Å². The molecule has 0 aromatic rings. The molecule has 0 aromatic carbocycles. The lowest BCUT2D eigenvalue weighted by molar-refractivity contribution is -0.123. The summed E-state index contributed by atoms with van der Waals surface area (Å²) >= 11 is 0. The fourth-order valence-electron chi connectivity index (χ4n) is 2.48. The van der Waals surface area contributed by atoms with E-state index in [4.69, 9.17) is 10.5 Å². The highest BCUT2D eigenvalue weighted by Gasteiger charge is 2.23. The molecule has 0 aliphatic heterocycles. The summed E-state index contributed by atoms with van der Waals surface area (Å²) in [5, 5.41) is 2.97. The number of nitrogens with one attached hydrogen (secondary N) is 1. The second-order valence-corrected chi connectivity index (χ2v) is 5.95. The number of rotatable bonds is 6. The lowest BCUT2D eigenvalue weighted by atomic mass is 9.84. The van der Waals surface area contributed by atoms with Crippen LogP contribution < -0.4 is 11.1 Å². The quantitative estimate of drug-likeness (QED) is 0.762. The van der Waals surface area contributed by atoms with Crippen molar-refractivity contribution >= 4 is 5.91 Å². The fraction of sp³-hybridized carbons (Fsp3) is 0.929. The second-order valence-electron chi connectivity index (χ2n) is 5.95. The third-order valence-electron chi connectivity index (χ3n) is 3.61. The molecular formula is C14H28N2O2. The Morgan fingerprint density at radius 1 is 1.33 bits per heavy atom. The van der Waals surface area contributed by atoms with E-state index < -0.39 is 0 Å². The molecule has 0 aromatic heterocycles. The molecule has 106 valence electrons. The minimum Gasteiger partial charge on any atom is -0.374 e. The molecule has 0 atom stereocenters. The molecule has 3 N–H and O–H groups in total. The summed E-state index contributed by atoms with van der Waals surface area (Å²) in [6.45, 7) is 7.21. The molecule has 0 radical (unpaired) electrons. The molecule has 0 saturated heterocycles. The Morgan fingerprint density at radius 3 is 2.50 bits per heavy atom. The molecule has 0 heterocycles. The zero-order valence-electron chi connectivity index (χ0n) is 12.0. The van der Waals surface area contributed by atoms with Gasteiger partial charge in [0.25, 0.3) is 0 Å². The van der Waals surface area contributed by atoms with Gasteiger partial charge >= 0.3 is 0 Å². The molecule has 4 heteroatoms. The van der Waals surface area contributed by atoms with Crippen molar-refractivity contribution in [3.05, 3.63) is 0 Å². The molecule has 0 unspecified atom stereocenters. The summed E-state index contributed by atoms with van der Waals surface area (Å²) in [7, 11) is 0. The Bertz CT molecular complexity index is 259. The fourth-order valence-corrected chi connectivity index (χ4v) is 2.48. The van der Waals surface area contributed by atoms with E-state index in [9.17, 15) is 4.79 Å². The number of ether oxygens (including phenoxy) is 1. The van der Waals surface area contributed by atoms with Gasteiger partial charge in [0.15, 0.2) is 0 Å². The van der Waals surface area contributed by atoms with Crippen molar-refractivity contribution in [1.82, 2.24) is 5.32 Å². The van der Waals surface area contributed by atoms with Crippen molar-refractivity contribution in [1.29, 1.82) is 0 Å². The van der Waals surface area contributed by atoms with Gasteiger partial charge in [-0.2, -0.15) is 0 Å². The monoisotopic (exact) mass is 256 g/mol. The van der Waals surface area contributed by atoms with Crippen LogP contribution in [0.25, 0.3) is 0 Å². The first-order valence-electron chi connectivity index (χ1n) is 7.09. The van der Waals surface area contributed by atoms with E-state index in [1.807, 2.05) is 20.8 Å².